The van der Waals surface area contributed by atoms with Gasteiger partial charge in [0.1, 0.15) is 0 Å². The maximum Gasteiger partial charge on any atom is 0.418 e. The Morgan fingerprint density at radius 1 is 1.19 bits per heavy atom. The smallest absolute Gasteiger partial charge is 0.299 e. The number of allylic oxidation sites excluding steroid dienone is 8. The molecule has 1 atom stereocenters. The average molecular weight is 498 g/mol. The van der Waals surface area contributed by atoms with Crippen LogP contribution in [0.25, 0.3) is 11.2 Å². The molecule has 0 bridgehead atoms. The summed E-state index contributed by atoms with van der Waals surface area (Å²) in [4.78, 5) is 15.4. The van der Waals surface area contributed by atoms with Gasteiger partial charge in [0.15, 0.2) is 0 Å². The SMILES string of the molecule is C=CC/C=C(\C=C)CC(=C)/C=C(\C=C)n1cc2c(C(F)(F)F)cc(CN3CCC[C@H](C)C3)cn2c1=O. The molecule has 0 radical (unpaired) electrons. The van der Waals surface area contributed by atoms with Gasteiger partial charge in [-0.25, -0.2) is 4.79 Å². The average Bonchev–Trinajstić information content (AvgIpc) is 3.15. The number of alkyl halides is 3. The van der Waals surface area contributed by atoms with Gasteiger partial charge in [-0.3, -0.25) is 13.9 Å². The number of hydrogen-bond acceptors (Lipinski definition) is 2. The number of rotatable bonds is 10. The number of imidazole rings is 1. The van der Waals surface area contributed by atoms with Gasteiger partial charge in [-0.1, -0.05) is 44.9 Å². The predicted molar refractivity (Wildman–Crippen MR) is 142 cm³/mol. The van der Waals surface area contributed by atoms with Gasteiger partial charge in [0.05, 0.1) is 11.1 Å². The Morgan fingerprint density at radius 3 is 2.56 bits per heavy atom. The Hall–Kier alpha value is -3.32. The third kappa shape index (κ3) is 6.46. The van der Waals surface area contributed by atoms with Crippen molar-refractivity contribution in [2.75, 3.05) is 13.1 Å². The summed E-state index contributed by atoms with van der Waals surface area (Å²) in [6.07, 6.45) is 9.96. The van der Waals surface area contributed by atoms with Crippen LogP contribution < -0.4 is 5.69 Å². The minimum Gasteiger partial charge on any atom is -0.299 e. The molecular formula is C29H34F3N3O. The minimum atomic E-state index is -4.61. The molecule has 1 fully saturated rings. The van der Waals surface area contributed by atoms with Crippen LogP contribution in [-0.2, 0) is 12.7 Å². The Labute approximate surface area is 210 Å². The number of halogens is 3. The predicted octanol–water partition coefficient (Wildman–Crippen LogP) is 7.01. The summed E-state index contributed by atoms with van der Waals surface area (Å²) < 4.78 is 44.4. The van der Waals surface area contributed by atoms with Gasteiger partial charge in [0.25, 0.3) is 0 Å². The fraction of sp³-hybridized carbons (Fsp3) is 0.345. The summed E-state index contributed by atoms with van der Waals surface area (Å²) in [6.45, 7) is 19.5. The molecule has 7 heteroatoms. The normalized spacial score (nSPS) is 17.8. The van der Waals surface area contributed by atoms with E-state index in [-0.39, 0.29) is 5.52 Å². The van der Waals surface area contributed by atoms with E-state index in [1.54, 1.807) is 18.2 Å². The molecule has 1 aliphatic heterocycles. The number of pyridine rings is 1. The number of piperidine rings is 1. The maximum atomic E-state index is 14.0. The molecule has 0 saturated carbocycles. The molecule has 2 aromatic rings. The molecule has 2 aromatic heterocycles. The molecular weight excluding hydrogens is 463 g/mol. The standard InChI is InChI=1S/C29H34F3N3O/c1-6-9-12-23(7-2)14-22(5)15-25(8-3)34-20-27-26(29(30,31)32)16-24(19-35(27)28(34)36)18-33-13-10-11-21(4)17-33/h6-8,12,15-16,19-21H,1-3,5,9-11,13-14,17-18H2,4H3/b23-12+,25-15+/t21-/m0/s1. The molecule has 36 heavy (non-hydrogen) atoms. The lowest BCUT2D eigenvalue weighted by Crippen LogP contribution is -2.34. The van der Waals surface area contributed by atoms with Crippen LogP contribution in [0.1, 0.15) is 43.7 Å². The van der Waals surface area contributed by atoms with E-state index in [0.29, 0.717) is 42.1 Å². The highest BCUT2D eigenvalue weighted by molar-refractivity contribution is 5.65. The van der Waals surface area contributed by atoms with E-state index in [2.05, 4.69) is 38.1 Å². The molecule has 192 valence electrons. The van der Waals surface area contributed by atoms with E-state index in [0.717, 1.165) is 42.0 Å². The first kappa shape index (κ1) is 27.3. The fourth-order valence-electron chi connectivity index (χ4n) is 4.64. The van der Waals surface area contributed by atoms with Crippen LogP contribution in [-0.4, -0.2) is 27.0 Å². The topological polar surface area (TPSA) is 29.6 Å². The quantitative estimate of drug-likeness (QED) is 0.261. The Kier molecular flexibility index (Phi) is 8.79. The van der Waals surface area contributed by atoms with Crippen molar-refractivity contribution in [1.29, 1.82) is 0 Å². The van der Waals surface area contributed by atoms with Crippen LogP contribution in [0.3, 0.4) is 0 Å². The van der Waals surface area contributed by atoms with E-state index >= 15 is 0 Å². The molecule has 0 N–H and O–H groups in total. The Morgan fingerprint density at radius 2 is 1.94 bits per heavy atom. The van der Waals surface area contributed by atoms with Crippen LogP contribution >= 0.6 is 0 Å². The fourth-order valence-corrected chi connectivity index (χ4v) is 4.64. The van der Waals surface area contributed by atoms with Crippen LogP contribution in [0, 0.1) is 5.92 Å². The molecule has 0 amide bonds. The highest BCUT2D eigenvalue weighted by Crippen LogP contribution is 2.34. The first-order chi connectivity index (χ1) is 17.1. The van der Waals surface area contributed by atoms with Crippen molar-refractivity contribution in [2.24, 2.45) is 5.92 Å². The van der Waals surface area contributed by atoms with Crippen molar-refractivity contribution >= 4 is 11.2 Å². The summed E-state index contributed by atoms with van der Waals surface area (Å²) in [5, 5.41) is 0. The first-order valence-electron chi connectivity index (χ1n) is 12.1. The van der Waals surface area contributed by atoms with Crippen LogP contribution in [0.4, 0.5) is 13.2 Å². The molecule has 0 aromatic carbocycles. The molecule has 0 spiro atoms. The van der Waals surface area contributed by atoms with Gasteiger partial charge in [-0.05, 0) is 73.1 Å². The zero-order valence-electron chi connectivity index (χ0n) is 20.9. The largest absolute Gasteiger partial charge is 0.418 e. The zero-order chi connectivity index (χ0) is 26.5. The van der Waals surface area contributed by atoms with Crippen molar-refractivity contribution in [3.63, 3.8) is 0 Å². The van der Waals surface area contributed by atoms with Gasteiger partial charge in [-0.2, -0.15) is 13.2 Å². The van der Waals surface area contributed by atoms with Crippen LogP contribution in [0.2, 0.25) is 0 Å². The molecule has 1 saturated heterocycles. The van der Waals surface area contributed by atoms with E-state index in [1.165, 1.54) is 23.0 Å². The first-order valence-corrected chi connectivity index (χ1v) is 12.1. The third-order valence-electron chi connectivity index (χ3n) is 6.36. The van der Waals surface area contributed by atoms with E-state index < -0.39 is 17.4 Å². The van der Waals surface area contributed by atoms with Crippen molar-refractivity contribution in [3.05, 3.63) is 108 Å². The number of aromatic nitrogens is 2. The lowest BCUT2D eigenvalue weighted by molar-refractivity contribution is -0.136. The minimum absolute atomic E-state index is 0.195. The highest BCUT2D eigenvalue weighted by atomic mass is 19.4. The van der Waals surface area contributed by atoms with Crippen LogP contribution in [0.5, 0.6) is 0 Å². The van der Waals surface area contributed by atoms with Gasteiger partial charge in [0, 0.05) is 31.2 Å². The summed E-state index contributed by atoms with van der Waals surface area (Å²) in [5.41, 5.74) is 0.794. The number of fused-ring (bicyclic) bond motifs is 1. The highest BCUT2D eigenvalue weighted by Gasteiger charge is 2.34. The Bertz CT molecular complexity index is 1270. The van der Waals surface area contributed by atoms with Gasteiger partial charge >= 0.3 is 11.9 Å². The number of nitrogens with zero attached hydrogens (tertiary/aromatic N) is 3. The molecule has 0 unspecified atom stereocenters. The van der Waals surface area contributed by atoms with Crippen molar-refractivity contribution in [3.8, 4) is 0 Å². The van der Waals surface area contributed by atoms with Gasteiger partial charge in [-0.15, -0.1) is 6.58 Å². The lowest BCUT2D eigenvalue weighted by atomic mass is 10.00. The monoisotopic (exact) mass is 497 g/mol. The van der Waals surface area contributed by atoms with Crippen molar-refractivity contribution in [1.82, 2.24) is 13.9 Å². The zero-order valence-corrected chi connectivity index (χ0v) is 20.9. The summed E-state index contributed by atoms with van der Waals surface area (Å²) in [5.74, 6) is 0.495. The van der Waals surface area contributed by atoms with E-state index in [4.69, 9.17) is 0 Å². The summed E-state index contributed by atoms with van der Waals surface area (Å²) in [7, 11) is 0. The molecule has 1 aliphatic rings. The second-order valence-electron chi connectivity index (χ2n) is 9.40. The lowest BCUT2D eigenvalue weighted by Gasteiger charge is -2.31. The molecule has 0 aliphatic carbocycles. The Balaban J connectivity index is 2.03. The van der Waals surface area contributed by atoms with Crippen LogP contribution in [0.15, 0.2) is 91.1 Å². The number of hydrogen-bond donors (Lipinski definition) is 0. The van der Waals surface area contributed by atoms with E-state index in [1.807, 2.05) is 6.08 Å². The maximum absolute atomic E-state index is 14.0. The molecule has 3 heterocycles. The summed E-state index contributed by atoms with van der Waals surface area (Å²) >= 11 is 0. The summed E-state index contributed by atoms with van der Waals surface area (Å²) in [6, 6.07) is 1.16. The van der Waals surface area contributed by atoms with Gasteiger partial charge in [0.2, 0.25) is 0 Å². The molecule has 3 rings (SSSR count). The van der Waals surface area contributed by atoms with Gasteiger partial charge < -0.3 is 0 Å². The van der Waals surface area contributed by atoms with Crippen molar-refractivity contribution < 1.29 is 13.2 Å². The van der Waals surface area contributed by atoms with Crippen molar-refractivity contribution in [2.45, 2.75) is 45.3 Å². The molecule has 4 nitrogen and oxygen atoms in total. The second-order valence-corrected chi connectivity index (χ2v) is 9.40. The second kappa shape index (κ2) is 11.6. The third-order valence-corrected chi connectivity index (χ3v) is 6.36. The van der Waals surface area contributed by atoms with E-state index in [9.17, 15) is 18.0 Å². The number of likely N-dealkylation sites (tertiary alicyclic amines) is 1.